The number of unbranched alkanes of at least 4 members (excludes halogenated alkanes) is 18. The van der Waals surface area contributed by atoms with E-state index in [1.165, 1.54) is 64.2 Å². The lowest BCUT2D eigenvalue weighted by Gasteiger charge is -2.16. The van der Waals surface area contributed by atoms with E-state index in [1.54, 1.807) is 36.4 Å². The Balaban J connectivity index is 1.97. The molecule has 0 aliphatic rings. The average Bonchev–Trinajstić information content (AvgIpc) is 3.18. The van der Waals surface area contributed by atoms with Gasteiger partial charge in [-0.1, -0.05) is 178 Å². The minimum atomic E-state index is -1.61. The molecule has 0 spiro atoms. The van der Waals surface area contributed by atoms with Gasteiger partial charge in [-0.25, -0.2) is 24.0 Å². The van der Waals surface area contributed by atoms with Crippen LogP contribution in [-0.2, 0) is 38.6 Å². The minimum absolute atomic E-state index is 0.0943. The molecule has 0 amide bonds. The summed E-state index contributed by atoms with van der Waals surface area (Å²) in [6, 6.07) is 13.3. The topological polar surface area (TPSA) is 141 Å². The summed E-state index contributed by atoms with van der Waals surface area (Å²) in [6.45, 7) is 8.02. The molecule has 2 aromatic rings. The number of aryl methyl sites for hydroxylation is 2. The molecule has 0 aliphatic carbocycles. The van der Waals surface area contributed by atoms with Gasteiger partial charge in [0.1, 0.15) is 0 Å². The molecule has 0 aromatic heterocycles. The lowest BCUT2D eigenvalue weighted by Crippen LogP contribution is -2.34. The van der Waals surface area contributed by atoms with E-state index in [9.17, 15) is 24.0 Å². The van der Waals surface area contributed by atoms with Crippen molar-refractivity contribution in [2.75, 3.05) is 0 Å². The van der Waals surface area contributed by atoms with Gasteiger partial charge >= 0.3 is 30.0 Å². The Morgan fingerprint density at radius 3 is 1.11 bits per heavy atom. The van der Waals surface area contributed by atoms with Crippen molar-refractivity contribution in [1.29, 1.82) is 0 Å². The van der Waals surface area contributed by atoms with Crippen LogP contribution in [0.4, 0.5) is 4.79 Å². The van der Waals surface area contributed by atoms with E-state index in [0.29, 0.717) is 12.8 Å². The maximum Gasteiger partial charge on any atom is 0.524 e. The van der Waals surface area contributed by atoms with Crippen LogP contribution in [0.2, 0.25) is 0 Å². The third-order valence-electron chi connectivity index (χ3n) is 9.52. The maximum absolute atomic E-state index is 13.1. The molecule has 0 bridgehead atoms. The van der Waals surface area contributed by atoms with E-state index in [-0.39, 0.29) is 24.0 Å². The molecule has 312 valence electrons. The summed E-state index contributed by atoms with van der Waals surface area (Å²) in [5.41, 5.74) is 2.09. The SMILES string of the molecule is CCCCCCCCCCCCC(OOC(=O)c1cccc(C)c1)C(=O)OC(=O)OC(=O)C(CCCCCCCCCCCC)OOC(=O)c1cccc(C)c1. The molecular formula is C45H66O11. The van der Waals surface area contributed by atoms with Crippen LogP contribution in [0.1, 0.15) is 187 Å². The summed E-state index contributed by atoms with van der Waals surface area (Å²) < 4.78 is 9.69. The Labute approximate surface area is 334 Å². The van der Waals surface area contributed by atoms with Crippen molar-refractivity contribution in [2.24, 2.45) is 0 Å². The smallest absolute Gasteiger partial charge is 0.358 e. The lowest BCUT2D eigenvalue weighted by molar-refractivity contribution is -0.276. The summed E-state index contributed by atoms with van der Waals surface area (Å²) >= 11 is 0. The van der Waals surface area contributed by atoms with Gasteiger partial charge in [-0.05, 0) is 51.0 Å². The van der Waals surface area contributed by atoms with Gasteiger partial charge in [0.05, 0.1) is 11.1 Å². The molecule has 2 atom stereocenters. The Hall–Kier alpha value is -4.09. The van der Waals surface area contributed by atoms with Gasteiger partial charge in [-0.3, -0.25) is 9.78 Å². The first-order valence-corrected chi connectivity index (χ1v) is 21.0. The zero-order valence-electron chi connectivity index (χ0n) is 34.3. The molecule has 11 heteroatoms. The van der Waals surface area contributed by atoms with Crippen LogP contribution in [0.15, 0.2) is 48.5 Å². The van der Waals surface area contributed by atoms with Gasteiger partial charge in [-0.2, -0.15) is 9.78 Å². The van der Waals surface area contributed by atoms with E-state index in [4.69, 9.17) is 29.0 Å². The fraction of sp³-hybridized carbons (Fsp3) is 0.622. The summed E-state index contributed by atoms with van der Waals surface area (Å²) in [4.78, 5) is 84.7. The molecule has 0 radical (unpaired) electrons. The van der Waals surface area contributed by atoms with Crippen LogP contribution in [0.25, 0.3) is 0 Å². The van der Waals surface area contributed by atoms with Crippen molar-refractivity contribution >= 4 is 30.0 Å². The Kier molecular flexibility index (Phi) is 25.8. The van der Waals surface area contributed by atoms with Crippen LogP contribution in [0, 0.1) is 13.8 Å². The molecular weight excluding hydrogens is 716 g/mol. The molecule has 56 heavy (non-hydrogen) atoms. The highest BCUT2D eigenvalue weighted by Crippen LogP contribution is 2.18. The number of carbonyl (C=O) groups is 5. The van der Waals surface area contributed by atoms with Crippen LogP contribution in [0.3, 0.4) is 0 Å². The summed E-state index contributed by atoms with van der Waals surface area (Å²) in [5, 5.41) is 0. The highest BCUT2D eigenvalue weighted by Gasteiger charge is 2.31. The average molecular weight is 783 g/mol. The van der Waals surface area contributed by atoms with Crippen molar-refractivity contribution in [3.05, 3.63) is 70.8 Å². The second-order valence-electron chi connectivity index (χ2n) is 14.7. The second-order valence-corrected chi connectivity index (χ2v) is 14.7. The van der Waals surface area contributed by atoms with Crippen molar-refractivity contribution in [3.63, 3.8) is 0 Å². The van der Waals surface area contributed by atoms with E-state index in [0.717, 1.165) is 62.5 Å². The normalized spacial score (nSPS) is 12.1. The van der Waals surface area contributed by atoms with Gasteiger partial charge < -0.3 is 9.47 Å². The fourth-order valence-electron chi connectivity index (χ4n) is 6.21. The first-order chi connectivity index (χ1) is 27.1. The molecule has 0 aliphatic heterocycles. The standard InChI is InChI=1S/C45H66O11/c1-5-7-9-11-13-15-17-19-21-23-31-39(53-55-41(46)37-29-25-27-35(3)33-37)43(48)51-45(50)52-44(49)40(32-24-22-20-18-16-14-12-10-8-6-2)54-56-42(47)38-30-26-28-36(4)34-38/h25-30,33-34,39-40H,5-24,31-32H2,1-4H3. The van der Waals surface area contributed by atoms with Gasteiger partial charge in [0.2, 0.25) is 12.2 Å². The minimum Gasteiger partial charge on any atom is -0.358 e. The van der Waals surface area contributed by atoms with E-state index in [2.05, 4.69) is 13.8 Å². The molecule has 11 nitrogen and oxygen atoms in total. The van der Waals surface area contributed by atoms with Gasteiger partial charge in [0, 0.05) is 0 Å². The Bertz CT molecular complexity index is 1330. The monoisotopic (exact) mass is 782 g/mol. The van der Waals surface area contributed by atoms with Crippen LogP contribution in [0.5, 0.6) is 0 Å². The van der Waals surface area contributed by atoms with E-state index >= 15 is 0 Å². The molecule has 0 fully saturated rings. The molecule has 2 unspecified atom stereocenters. The van der Waals surface area contributed by atoms with Crippen molar-refractivity contribution in [3.8, 4) is 0 Å². The second kappa shape index (κ2) is 30.1. The number of rotatable bonds is 30. The predicted molar refractivity (Wildman–Crippen MR) is 213 cm³/mol. The van der Waals surface area contributed by atoms with Crippen molar-refractivity contribution < 1.29 is 53.0 Å². The fourth-order valence-corrected chi connectivity index (χ4v) is 6.21. The third kappa shape index (κ3) is 21.9. The Morgan fingerprint density at radius 2 is 0.786 bits per heavy atom. The molecule has 2 aromatic carbocycles. The van der Waals surface area contributed by atoms with E-state index < -0.39 is 42.2 Å². The van der Waals surface area contributed by atoms with E-state index in [1.807, 2.05) is 26.0 Å². The summed E-state index contributed by atoms with van der Waals surface area (Å²) in [7, 11) is 0. The third-order valence-corrected chi connectivity index (χ3v) is 9.52. The number of hydrogen-bond donors (Lipinski definition) is 0. The molecule has 0 saturated heterocycles. The molecule has 0 N–H and O–H groups in total. The molecule has 0 heterocycles. The molecule has 0 saturated carbocycles. The first-order valence-electron chi connectivity index (χ1n) is 21.0. The van der Waals surface area contributed by atoms with Crippen molar-refractivity contribution in [1.82, 2.24) is 0 Å². The molecule has 2 rings (SSSR count). The highest BCUT2D eigenvalue weighted by molar-refractivity contribution is 5.92. The van der Waals surface area contributed by atoms with Gasteiger partial charge in [0.25, 0.3) is 0 Å². The summed E-state index contributed by atoms with van der Waals surface area (Å²) in [5.74, 6) is -4.01. The number of hydrogen-bond acceptors (Lipinski definition) is 11. The Morgan fingerprint density at radius 1 is 0.464 bits per heavy atom. The zero-order chi connectivity index (χ0) is 40.8. The lowest BCUT2D eigenvalue weighted by atomic mass is 10.0. The van der Waals surface area contributed by atoms with Crippen LogP contribution >= 0.6 is 0 Å². The van der Waals surface area contributed by atoms with Gasteiger partial charge in [0.15, 0.2) is 0 Å². The van der Waals surface area contributed by atoms with Crippen LogP contribution in [-0.4, -0.2) is 42.2 Å². The summed E-state index contributed by atoms with van der Waals surface area (Å²) in [6.07, 6.45) is 16.9. The number of carbonyl (C=O) groups excluding carboxylic acids is 5. The first kappa shape index (κ1) is 48.1. The van der Waals surface area contributed by atoms with Crippen LogP contribution < -0.4 is 0 Å². The number of benzene rings is 2. The number of esters is 2. The quantitative estimate of drug-likeness (QED) is 0.0246. The van der Waals surface area contributed by atoms with Crippen molar-refractivity contribution in [2.45, 2.75) is 181 Å². The predicted octanol–water partition coefficient (Wildman–Crippen LogP) is 11.7. The highest BCUT2D eigenvalue weighted by atomic mass is 17.2. The zero-order valence-corrected chi connectivity index (χ0v) is 34.3. The van der Waals surface area contributed by atoms with Gasteiger partial charge in [-0.15, -0.1) is 0 Å². The maximum atomic E-state index is 13.1. The largest absolute Gasteiger partial charge is 0.524 e. The number of ether oxygens (including phenoxy) is 2.